The van der Waals surface area contributed by atoms with Crippen LogP contribution in [0.25, 0.3) is 0 Å². The van der Waals surface area contributed by atoms with Crippen LogP contribution in [-0.4, -0.2) is 83.6 Å². The molecule has 0 radical (unpaired) electrons. The van der Waals surface area contributed by atoms with Crippen molar-refractivity contribution in [2.75, 3.05) is 26.4 Å². The third-order valence-corrected chi connectivity index (χ3v) is 23.3. The van der Waals surface area contributed by atoms with E-state index in [0.717, 1.165) is 49.9 Å². The molecule has 2 unspecified atom stereocenters. The topological polar surface area (TPSA) is 124 Å². The van der Waals surface area contributed by atoms with E-state index in [1.807, 2.05) is 0 Å². The van der Waals surface area contributed by atoms with Gasteiger partial charge in [-0.2, -0.15) is 0 Å². The van der Waals surface area contributed by atoms with Gasteiger partial charge in [-0.25, -0.2) is 0 Å². The van der Waals surface area contributed by atoms with Crippen molar-refractivity contribution in [1.29, 1.82) is 0 Å². The molecule has 10 nitrogen and oxygen atoms in total. The average Bonchev–Trinajstić information content (AvgIpc) is 3.36. The van der Waals surface area contributed by atoms with Gasteiger partial charge >= 0.3 is 23.9 Å². The van der Waals surface area contributed by atoms with Crippen LogP contribution in [0.15, 0.2) is 0 Å². The second kappa shape index (κ2) is 17.8. The lowest BCUT2D eigenvalue weighted by Gasteiger charge is -2.34. The zero-order chi connectivity index (χ0) is 33.0. The molecule has 0 aliphatic carbocycles. The standard InChI is InChI=1S/C30H58O10Si4/c1-41(2,19-9-13-25-23-27(31)37-29(25)33)39-43(5,6)21-11-15-35-17-18-36-16-12-22-44(7,8)40-42(3,4)20-10-14-26-24-28(32)38-30(26)34/h25-26H,9-24H2,1-8H3. The van der Waals surface area contributed by atoms with E-state index in [9.17, 15) is 19.2 Å². The number of hydrogen-bond donors (Lipinski definition) is 0. The Kier molecular flexibility index (Phi) is 15.8. The van der Waals surface area contributed by atoms with Crippen molar-refractivity contribution in [1.82, 2.24) is 0 Å². The average molecular weight is 691 g/mol. The van der Waals surface area contributed by atoms with Crippen molar-refractivity contribution in [3.05, 3.63) is 0 Å². The van der Waals surface area contributed by atoms with Gasteiger partial charge in [-0.3, -0.25) is 19.2 Å². The van der Waals surface area contributed by atoms with E-state index in [1.54, 1.807) is 0 Å². The van der Waals surface area contributed by atoms with E-state index in [2.05, 4.69) is 61.8 Å². The number of carbonyl (C=O) groups excluding carboxylic acids is 4. The van der Waals surface area contributed by atoms with Gasteiger partial charge in [0.25, 0.3) is 0 Å². The maximum absolute atomic E-state index is 11.7. The fraction of sp³-hybridized carbons (Fsp3) is 0.867. The fourth-order valence-corrected chi connectivity index (χ4v) is 24.0. The number of esters is 4. The fourth-order valence-electron chi connectivity index (χ4n) is 6.25. The smallest absolute Gasteiger partial charge is 0.317 e. The summed E-state index contributed by atoms with van der Waals surface area (Å²) < 4.78 is 34.4. The van der Waals surface area contributed by atoms with Crippen molar-refractivity contribution < 1.29 is 46.4 Å². The van der Waals surface area contributed by atoms with Gasteiger partial charge in [0, 0.05) is 13.2 Å². The zero-order valence-electron chi connectivity index (χ0n) is 28.6. The van der Waals surface area contributed by atoms with Gasteiger partial charge in [0.2, 0.25) is 0 Å². The first-order chi connectivity index (χ1) is 20.4. The van der Waals surface area contributed by atoms with Gasteiger partial charge in [-0.05, 0) is 102 Å². The van der Waals surface area contributed by atoms with Gasteiger partial charge in [-0.1, -0.05) is 12.8 Å². The van der Waals surface area contributed by atoms with E-state index < -0.39 is 45.2 Å². The molecule has 14 heteroatoms. The first kappa shape index (κ1) is 39.2. The largest absolute Gasteiger partial charge is 0.455 e. The molecule has 0 amide bonds. The maximum atomic E-state index is 11.7. The molecule has 44 heavy (non-hydrogen) atoms. The van der Waals surface area contributed by atoms with Crippen molar-refractivity contribution in [2.24, 2.45) is 11.8 Å². The molecule has 254 valence electrons. The third-order valence-electron chi connectivity index (χ3n) is 8.20. The van der Waals surface area contributed by atoms with Crippen molar-refractivity contribution >= 4 is 57.1 Å². The molecule has 2 saturated heterocycles. The number of cyclic esters (lactones) is 4. The molecule has 2 aliphatic rings. The number of ether oxygens (including phenoxy) is 4. The second-order valence-corrected chi connectivity index (χ2v) is 32.6. The molecular formula is C30H58O10Si4. The lowest BCUT2D eigenvalue weighted by atomic mass is 10.0. The van der Waals surface area contributed by atoms with E-state index >= 15 is 0 Å². The predicted molar refractivity (Wildman–Crippen MR) is 179 cm³/mol. The van der Waals surface area contributed by atoms with Crippen molar-refractivity contribution in [3.63, 3.8) is 0 Å². The highest BCUT2D eigenvalue weighted by atomic mass is 28.4. The summed E-state index contributed by atoms with van der Waals surface area (Å²) in [6, 6.07) is 4.04. The van der Waals surface area contributed by atoms with Gasteiger partial charge in [0.15, 0.2) is 33.3 Å². The maximum Gasteiger partial charge on any atom is 0.317 e. The summed E-state index contributed by atoms with van der Waals surface area (Å²) in [6.07, 6.45) is 5.55. The summed E-state index contributed by atoms with van der Waals surface area (Å²) in [5.74, 6) is -2.08. The van der Waals surface area contributed by atoms with Crippen LogP contribution >= 0.6 is 0 Å². The SMILES string of the molecule is C[Si](C)(CCCOCCOCCC[Si](C)(C)O[Si](C)(C)CCCC1CC(=O)OC1=O)O[Si](C)(C)CCCC1CC(=O)OC1=O. The minimum atomic E-state index is -1.85. The number of carbonyl (C=O) groups is 4. The van der Waals surface area contributed by atoms with E-state index in [-0.39, 0.29) is 36.6 Å². The summed E-state index contributed by atoms with van der Waals surface area (Å²) in [4.78, 5) is 45.9. The molecule has 0 bridgehead atoms. The van der Waals surface area contributed by atoms with Crippen molar-refractivity contribution in [2.45, 2.75) is 128 Å². The monoisotopic (exact) mass is 690 g/mol. The Balaban J connectivity index is 1.48. The normalized spacial score (nSPS) is 20.0. The summed E-state index contributed by atoms with van der Waals surface area (Å²) in [6.45, 7) is 20.7. The van der Waals surface area contributed by atoms with Crippen LogP contribution in [0, 0.1) is 11.8 Å². The zero-order valence-corrected chi connectivity index (χ0v) is 32.6. The molecule has 2 atom stereocenters. The van der Waals surface area contributed by atoms with Crippen LogP contribution in [0.5, 0.6) is 0 Å². The molecule has 0 saturated carbocycles. The summed E-state index contributed by atoms with van der Waals surface area (Å²) >= 11 is 0. The Bertz CT molecular complexity index is 893. The number of rotatable bonds is 23. The highest BCUT2D eigenvalue weighted by Gasteiger charge is 2.37. The van der Waals surface area contributed by atoms with E-state index in [1.165, 1.54) is 0 Å². The van der Waals surface area contributed by atoms with Crippen LogP contribution in [0.2, 0.25) is 76.6 Å². The first-order valence-electron chi connectivity index (χ1n) is 16.4. The Hall–Kier alpha value is -1.01. The molecule has 0 spiro atoms. The molecular weight excluding hydrogens is 633 g/mol. The van der Waals surface area contributed by atoms with E-state index in [4.69, 9.17) is 17.7 Å². The minimum absolute atomic E-state index is 0.220. The Labute approximate surface area is 269 Å². The lowest BCUT2D eigenvalue weighted by Crippen LogP contribution is -2.44. The molecule has 0 aromatic heterocycles. The second-order valence-electron chi connectivity index (χ2n) is 14.8. The molecule has 0 aromatic carbocycles. The van der Waals surface area contributed by atoms with Crippen LogP contribution in [0.3, 0.4) is 0 Å². The molecule has 2 aliphatic heterocycles. The van der Waals surface area contributed by atoms with Gasteiger partial charge < -0.3 is 27.2 Å². The van der Waals surface area contributed by atoms with Gasteiger partial charge in [0.1, 0.15) is 0 Å². The highest BCUT2D eigenvalue weighted by molar-refractivity contribution is 6.85. The predicted octanol–water partition coefficient (Wildman–Crippen LogP) is 6.39. The molecule has 0 aromatic rings. The summed E-state index contributed by atoms with van der Waals surface area (Å²) in [5, 5.41) is 0. The summed E-state index contributed by atoms with van der Waals surface area (Å²) in [5.41, 5.74) is 0. The summed E-state index contributed by atoms with van der Waals surface area (Å²) in [7, 11) is -7.34. The van der Waals surface area contributed by atoms with Crippen LogP contribution in [0.4, 0.5) is 0 Å². The molecule has 2 rings (SSSR count). The van der Waals surface area contributed by atoms with Crippen molar-refractivity contribution in [3.8, 4) is 0 Å². The highest BCUT2D eigenvalue weighted by Crippen LogP contribution is 2.29. The molecule has 2 heterocycles. The van der Waals surface area contributed by atoms with Gasteiger partial charge in [0.05, 0.1) is 37.9 Å². The third kappa shape index (κ3) is 16.0. The van der Waals surface area contributed by atoms with Gasteiger partial charge in [-0.15, -0.1) is 0 Å². The molecule has 2 fully saturated rings. The Morgan fingerprint density at radius 1 is 0.523 bits per heavy atom. The van der Waals surface area contributed by atoms with E-state index in [0.29, 0.717) is 39.3 Å². The number of hydrogen-bond acceptors (Lipinski definition) is 10. The van der Waals surface area contributed by atoms with Crippen LogP contribution < -0.4 is 0 Å². The minimum Gasteiger partial charge on any atom is -0.455 e. The van der Waals surface area contributed by atoms with Crippen LogP contribution in [0.1, 0.15) is 51.4 Å². The first-order valence-corrected chi connectivity index (χ1v) is 28.9. The quantitative estimate of drug-likeness (QED) is 0.0516. The molecule has 0 N–H and O–H groups in total. The lowest BCUT2D eigenvalue weighted by molar-refractivity contribution is -0.155. The Morgan fingerprint density at radius 2 is 0.841 bits per heavy atom. The van der Waals surface area contributed by atoms with Crippen LogP contribution in [-0.2, 0) is 46.4 Å². The Morgan fingerprint density at radius 3 is 1.14 bits per heavy atom.